The van der Waals surface area contributed by atoms with Crippen molar-refractivity contribution in [2.75, 3.05) is 5.73 Å². The Hall–Kier alpha value is -2.93. The minimum Gasteiger partial charge on any atom is -0.384 e. The Bertz CT molecular complexity index is 840. The Kier molecular flexibility index (Phi) is 4.61. The van der Waals surface area contributed by atoms with E-state index in [-0.39, 0.29) is 5.78 Å². The van der Waals surface area contributed by atoms with Crippen LogP contribution in [0.1, 0.15) is 37.5 Å². The van der Waals surface area contributed by atoms with Crippen molar-refractivity contribution >= 4 is 17.2 Å². The minimum absolute atomic E-state index is 0.0277. The molecule has 0 atom stereocenters. The van der Waals surface area contributed by atoms with Crippen molar-refractivity contribution in [3.05, 3.63) is 52.7 Å². The number of anilines is 1. The van der Waals surface area contributed by atoms with Crippen LogP contribution in [0.15, 0.2) is 36.0 Å². The highest BCUT2D eigenvalue weighted by Gasteiger charge is 2.13. The number of hydrogen-bond donors (Lipinski definition) is 1. The molecule has 0 saturated heterocycles. The maximum absolute atomic E-state index is 11.7. The van der Waals surface area contributed by atoms with Gasteiger partial charge in [0.15, 0.2) is 5.78 Å². The molecule has 0 saturated carbocycles. The summed E-state index contributed by atoms with van der Waals surface area (Å²) < 4.78 is 0. The van der Waals surface area contributed by atoms with Crippen LogP contribution in [0, 0.1) is 18.3 Å². The lowest BCUT2D eigenvalue weighted by molar-refractivity contribution is -0.113. The number of nitriles is 1. The number of benzene rings is 1. The van der Waals surface area contributed by atoms with Gasteiger partial charge in [-0.05, 0) is 79.8 Å². The van der Waals surface area contributed by atoms with Gasteiger partial charge >= 0.3 is 0 Å². The fraction of sp³-hybridized carbons (Fsp3) is 0.211. The average Bonchev–Trinajstić information content (AvgIpc) is 2.54. The third-order valence-electron chi connectivity index (χ3n) is 4.13. The fourth-order valence-corrected chi connectivity index (χ4v) is 2.50. The van der Waals surface area contributed by atoms with E-state index in [4.69, 9.17) is 5.73 Å². The third kappa shape index (κ3) is 3.29. The number of Topliss-reactive ketones (excluding diaryl/α,β-unsaturated/α-hetero) is 1. The predicted octanol–water partition coefficient (Wildman–Crippen LogP) is 3.89. The normalized spacial score (nSPS) is 11.6. The van der Waals surface area contributed by atoms with Gasteiger partial charge in [0.25, 0.3) is 0 Å². The first-order valence-corrected chi connectivity index (χ1v) is 7.30. The summed E-state index contributed by atoms with van der Waals surface area (Å²) in [6.07, 6.45) is 1.69. The van der Waals surface area contributed by atoms with E-state index in [1.54, 1.807) is 26.1 Å². The maximum Gasteiger partial charge on any atom is 0.155 e. The Morgan fingerprint density at radius 1 is 1.22 bits per heavy atom. The largest absolute Gasteiger partial charge is 0.384 e. The molecule has 2 aromatic rings. The number of aromatic nitrogens is 1. The lowest BCUT2D eigenvalue weighted by atomic mass is 9.89. The summed E-state index contributed by atoms with van der Waals surface area (Å²) in [5, 5.41) is 9.33. The zero-order valence-electron chi connectivity index (χ0n) is 13.8. The molecular formula is C19H19N3O. The van der Waals surface area contributed by atoms with E-state index in [9.17, 15) is 10.1 Å². The quantitative estimate of drug-likeness (QED) is 0.872. The monoisotopic (exact) mass is 305 g/mol. The number of nitrogens with two attached hydrogens (primary N) is 1. The van der Waals surface area contributed by atoms with E-state index < -0.39 is 0 Å². The first kappa shape index (κ1) is 16.4. The van der Waals surface area contributed by atoms with Crippen LogP contribution >= 0.6 is 0 Å². The molecule has 0 aliphatic rings. The summed E-state index contributed by atoms with van der Waals surface area (Å²) >= 11 is 0. The molecular weight excluding hydrogens is 286 g/mol. The van der Waals surface area contributed by atoms with Gasteiger partial charge in [0, 0.05) is 11.8 Å². The average molecular weight is 305 g/mol. The molecule has 0 bridgehead atoms. The van der Waals surface area contributed by atoms with Gasteiger partial charge in [-0.3, -0.25) is 4.79 Å². The van der Waals surface area contributed by atoms with Crippen molar-refractivity contribution in [2.45, 2.75) is 27.7 Å². The van der Waals surface area contributed by atoms with Gasteiger partial charge in [0.1, 0.15) is 5.82 Å². The van der Waals surface area contributed by atoms with Crippen LogP contribution in [0.3, 0.4) is 0 Å². The highest BCUT2D eigenvalue weighted by molar-refractivity contribution is 6.00. The van der Waals surface area contributed by atoms with Crippen LogP contribution in [0.4, 0.5) is 5.82 Å². The van der Waals surface area contributed by atoms with Crippen molar-refractivity contribution in [2.24, 2.45) is 0 Å². The Balaban J connectivity index is 2.74. The van der Waals surface area contributed by atoms with E-state index in [0.717, 1.165) is 27.8 Å². The van der Waals surface area contributed by atoms with Gasteiger partial charge in [-0.2, -0.15) is 5.26 Å². The molecule has 0 unspecified atom stereocenters. The smallest absolute Gasteiger partial charge is 0.155 e. The Labute approximate surface area is 136 Å². The molecule has 2 rings (SSSR count). The van der Waals surface area contributed by atoms with Crippen LogP contribution in [-0.2, 0) is 4.79 Å². The molecule has 0 fully saturated rings. The van der Waals surface area contributed by atoms with Gasteiger partial charge in [0.05, 0.1) is 11.6 Å². The molecule has 0 radical (unpaired) electrons. The SMILES string of the molecule is CC(=O)/C(C)=C(\C)c1cc(C#N)cc(-c2ccc(N)nc2)c1C. The van der Waals surface area contributed by atoms with Crippen molar-refractivity contribution < 1.29 is 4.79 Å². The molecule has 2 N–H and O–H groups in total. The lowest BCUT2D eigenvalue weighted by Crippen LogP contribution is -1.99. The van der Waals surface area contributed by atoms with Crippen LogP contribution < -0.4 is 5.73 Å². The van der Waals surface area contributed by atoms with E-state index in [2.05, 4.69) is 11.1 Å². The van der Waals surface area contributed by atoms with Crippen molar-refractivity contribution in [3.8, 4) is 17.2 Å². The molecule has 1 aromatic heterocycles. The highest BCUT2D eigenvalue weighted by Crippen LogP contribution is 2.32. The van der Waals surface area contributed by atoms with Crippen molar-refractivity contribution in [3.63, 3.8) is 0 Å². The summed E-state index contributed by atoms with van der Waals surface area (Å²) in [6, 6.07) is 9.46. The molecule has 0 amide bonds. The minimum atomic E-state index is 0.0277. The zero-order valence-corrected chi connectivity index (χ0v) is 13.8. The van der Waals surface area contributed by atoms with Crippen molar-refractivity contribution in [1.29, 1.82) is 5.26 Å². The second-order valence-corrected chi connectivity index (χ2v) is 5.59. The lowest BCUT2D eigenvalue weighted by Gasteiger charge is -2.15. The molecule has 1 aromatic carbocycles. The molecule has 4 heteroatoms. The standard InChI is InChI=1S/C19H19N3O/c1-11(14(4)23)12(2)17-7-15(9-20)8-18(13(17)3)16-5-6-19(21)22-10-16/h5-8,10H,1-4H3,(H2,21,22)/b12-11+. The van der Waals surface area contributed by atoms with Crippen LogP contribution in [0.5, 0.6) is 0 Å². The number of nitrogens with zero attached hydrogens (tertiary/aromatic N) is 2. The number of allylic oxidation sites excluding steroid dienone is 2. The summed E-state index contributed by atoms with van der Waals surface area (Å²) in [5.74, 6) is 0.478. The molecule has 23 heavy (non-hydrogen) atoms. The molecule has 0 aliphatic carbocycles. The Morgan fingerprint density at radius 2 is 1.91 bits per heavy atom. The topological polar surface area (TPSA) is 79.8 Å². The second-order valence-electron chi connectivity index (χ2n) is 5.59. The van der Waals surface area contributed by atoms with Gasteiger partial charge < -0.3 is 5.73 Å². The van der Waals surface area contributed by atoms with E-state index in [1.165, 1.54) is 0 Å². The Morgan fingerprint density at radius 3 is 2.43 bits per heavy atom. The first-order valence-electron chi connectivity index (χ1n) is 7.30. The molecule has 1 heterocycles. The van der Waals surface area contributed by atoms with Crippen molar-refractivity contribution in [1.82, 2.24) is 4.98 Å². The highest BCUT2D eigenvalue weighted by atomic mass is 16.1. The predicted molar refractivity (Wildman–Crippen MR) is 92.5 cm³/mol. The summed E-state index contributed by atoms with van der Waals surface area (Å²) in [6.45, 7) is 7.25. The fourth-order valence-electron chi connectivity index (χ4n) is 2.50. The number of rotatable bonds is 3. The number of carbonyl (C=O) groups excluding carboxylic acids is 1. The number of nitrogen functional groups attached to an aromatic ring is 1. The summed E-state index contributed by atoms with van der Waals surface area (Å²) in [5.41, 5.74) is 11.5. The zero-order chi connectivity index (χ0) is 17.1. The molecule has 0 aliphatic heterocycles. The molecule has 0 spiro atoms. The summed E-state index contributed by atoms with van der Waals surface area (Å²) in [4.78, 5) is 15.8. The number of ketones is 1. The number of hydrogen-bond acceptors (Lipinski definition) is 4. The van der Waals surface area contributed by atoms with Crippen LogP contribution in [0.25, 0.3) is 16.7 Å². The number of carbonyl (C=O) groups is 1. The van der Waals surface area contributed by atoms with E-state index >= 15 is 0 Å². The third-order valence-corrected chi connectivity index (χ3v) is 4.13. The first-order chi connectivity index (χ1) is 10.8. The van der Waals surface area contributed by atoms with Gasteiger partial charge in [-0.15, -0.1) is 0 Å². The van der Waals surface area contributed by atoms with Crippen LogP contribution in [0.2, 0.25) is 0 Å². The van der Waals surface area contributed by atoms with E-state index in [0.29, 0.717) is 17.0 Å². The molecule has 4 nitrogen and oxygen atoms in total. The summed E-state index contributed by atoms with van der Waals surface area (Å²) in [7, 11) is 0. The second kappa shape index (κ2) is 6.45. The van der Waals surface area contributed by atoms with E-state index in [1.807, 2.05) is 32.0 Å². The van der Waals surface area contributed by atoms with Gasteiger partial charge in [0.2, 0.25) is 0 Å². The maximum atomic E-state index is 11.7. The van der Waals surface area contributed by atoms with Gasteiger partial charge in [-0.1, -0.05) is 0 Å². The number of pyridine rings is 1. The molecule has 116 valence electrons. The van der Waals surface area contributed by atoms with Gasteiger partial charge in [-0.25, -0.2) is 4.98 Å². The van der Waals surface area contributed by atoms with Crippen LogP contribution in [-0.4, -0.2) is 10.8 Å².